The summed E-state index contributed by atoms with van der Waals surface area (Å²) in [5, 5.41) is 0.265. The molecule has 0 atom stereocenters. The van der Waals surface area contributed by atoms with Gasteiger partial charge in [-0.3, -0.25) is 14.2 Å². The molecule has 0 spiro atoms. The number of fused-ring (bicyclic) bond motifs is 1. The minimum absolute atomic E-state index is 0.0288. The molecule has 0 saturated carbocycles. The van der Waals surface area contributed by atoms with Gasteiger partial charge in [0, 0.05) is 38.3 Å². The van der Waals surface area contributed by atoms with E-state index in [1.165, 1.54) is 23.1 Å². The number of benzene rings is 2. The maximum Gasteiger partial charge on any atom is 0.328 e. The highest BCUT2D eigenvalue weighted by atomic mass is 32.2. The Morgan fingerprint density at radius 3 is 2.39 bits per heavy atom. The first-order chi connectivity index (χ1) is 15.6. The molecule has 4 rings (SSSR count). The van der Waals surface area contributed by atoms with Crippen LogP contribution in [0, 0.1) is 11.6 Å². The molecule has 1 aliphatic heterocycles. The normalized spacial score (nSPS) is 15.2. The molecule has 33 heavy (non-hydrogen) atoms. The summed E-state index contributed by atoms with van der Waals surface area (Å²) >= 11 is 0. The fraction of sp³-hybridized carbons (Fsp3) is 0.286. The van der Waals surface area contributed by atoms with E-state index in [1.807, 2.05) is 0 Å². The first kappa shape index (κ1) is 22.8. The minimum Gasteiger partial charge on any atom is -0.336 e. The van der Waals surface area contributed by atoms with E-state index in [2.05, 4.69) is 4.98 Å². The average molecular weight is 478 g/mol. The third-order valence-corrected chi connectivity index (χ3v) is 7.50. The van der Waals surface area contributed by atoms with Gasteiger partial charge >= 0.3 is 5.69 Å². The van der Waals surface area contributed by atoms with E-state index in [1.54, 1.807) is 6.92 Å². The molecule has 12 heteroatoms. The summed E-state index contributed by atoms with van der Waals surface area (Å²) in [4.78, 5) is 40.6. The molecule has 2 aromatic carbocycles. The van der Waals surface area contributed by atoms with E-state index in [4.69, 9.17) is 0 Å². The van der Waals surface area contributed by atoms with Crippen LogP contribution in [-0.4, -0.2) is 59.3 Å². The molecule has 1 amide bonds. The molecule has 1 N–H and O–H groups in total. The first-order valence-corrected chi connectivity index (χ1v) is 11.6. The average Bonchev–Trinajstić information content (AvgIpc) is 2.80. The van der Waals surface area contributed by atoms with Gasteiger partial charge in [-0.15, -0.1) is 0 Å². The van der Waals surface area contributed by atoms with Crippen molar-refractivity contribution in [2.24, 2.45) is 0 Å². The van der Waals surface area contributed by atoms with Crippen LogP contribution in [-0.2, 0) is 16.6 Å². The monoisotopic (exact) mass is 478 g/mol. The van der Waals surface area contributed by atoms with Crippen molar-refractivity contribution in [1.29, 1.82) is 0 Å². The van der Waals surface area contributed by atoms with E-state index in [0.29, 0.717) is 6.07 Å². The molecule has 174 valence electrons. The van der Waals surface area contributed by atoms with Gasteiger partial charge in [-0.2, -0.15) is 4.31 Å². The van der Waals surface area contributed by atoms with Gasteiger partial charge in [0.25, 0.3) is 11.5 Å². The Morgan fingerprint density at radius 1 is 1.03 bits per heavy atom. The molecule has 0 unspecified atom stereocenters. The maximum absolute atomic E-state index is 14.0. The highest BCUT2D eigenvalue weighted by molar-refractivity contribution is 7.89. The number of carbonyl (C=O) groups excluding carboxylic acids is 1. The molecule has 0 bridgehead atoms. The Balaban J connectivity index is 1.54. The molecule has 1 aromatic heterocycles. The molecular formula is C21H20F2N4O5S. The number of nitrogens with zero attached hydrogens (tertiary/aromatic N) is 3. The number of aromatic amines is 1. The van der Waals surface area contributed by atoms with Gasteiger partial charge < -0.3 is 9.88 Å². The number of nitrogens with one attached hydrogen (secondary N) is 1. The van der Waals surface area contributed by atoms with Gasteiger partial charge in [0.2, 0.25) is 10.0 Å². The van der Waals surface area contributed by atoms with Gasteiger partial charge in [-0.1, -0.05) is 0 Å². The molecule has 0 aliphatic carbocycles. The molecule has 1 aliphatic rings. The zero-order chi connectivity index (χ0) is 23.9. The number of amides is 1. The van der Waals surface area contributed by atoms with E-state index in [-0.39, 0.29) is 49.2 Å². The number of carbonyl (C=O) groups is 1. The van der Waals surface area contributed by atoms with Gasteiger partial charge in [0.1, 0.15) is 16.5 Å². The molecular weight excluding hydrogens is 458 g/mol. The van der Waals surface area contributed by atoms with E-state index < -0.39 is 43.7 Å². The summed E-state index contributed by atoms with van der Waals surface area (Å²) in [6.07, 6.45) is 0. The lowest BCUT2D eigenvalue weighted by atomic mass is 10.1. The van der Waals surface area contributed by atoms with Crippen LogP contribution in [0.2, 0.25) is 0 Å². The minimum atomic E-state index is -4.27. The standard InChI is InChI=1S/C21H20F2N4O5S/c1-2-27-20(29)15-5-3-13(11-17(15)24-21(27)30)19(28)25-7-9-26(10-8-25)33(31,32)18-12-14(22)4-6-16(18)23/h3-6,11-12H,2,7-10H2,1H3,(H,24,30). The van der Waals surface area contributed by atoms with Crippen LogP contribution >= 0.6 is 0 Å². The number of hydrogen-bond acceptors (Lipinski definition) is 5. The lowest BCUT2D eigenvalue weighted by molar-refractivity contribution is 0.0698. The highest BCUT2D eigenvalue weighted by Gasteiger charge is 2.32. The Labute approximate surface area is 186 Å². The van der Waals surface area contributed by atoms with Crippen LogP contribution in [0.5, 0.6) is 0 Å². The summed E-state index contributed by atoms with van der Waals surface area (Å²) in [6.45, 7) is 1.73. The number of sulfonamides is 1. The maximum atomic E-state index is 14.0. The van der Waals surface area contributed by atoms with Crippen molar-refractivity contribution in [1.82, 2.24) is 18.8 Å². The molecule has 0 radical (unpaired) electrons. The number of halogens is 2. The zero-order valence-electron chi connectivity index (χ0n) is 17.5. The summed E-state index contributed by atoms with van der Waals surface area (Å²) in [5.41, 5.74) is -0.593. The second-order valence-electron chi connectivity index (χ2n) is 7.51. The second-order valence-corrected chi connectivity index (χ2v) is 9.42. The largest absolute Gasteiger partial charge is 0.336 e. The number of H-pyrrole nitrogens is 1. The van der Waals surface area contributed by atoms with Crippen LogP contribution in [0.1, 0.15) is 17.3 Å². The van der Waals surface area contributed by atoms with Crippen molar-refractivity contribution in [2.75, 3.05) is 26.2 Å². The van der Waals surface area contributed by atoms with Crippen molar-refractivity contribution >= 4 is 26.8 Å². The highest BCUT2D eigenvalue weighted by Crippen LogP contribution is 2.22. The van der Waals surface area contributed by atoms with Crippen molar-refractivity contribution in [3.05, 3.63) is 74.4 Å². The number of rotatable bonds is 4. The predicted molar refractivity (Wildman–Crippen MR) is 116 cm³/mol. The summed E-state index contributed by atoms with van der Waals surface area (Å²) in [5.74, 6) is -2.34. The third-order valence-electron chi connectivity index (χ3n) is 5.58. The van der Waals surface area contributed by atoms with Gasteiger partial charge in [0.15, 0.2) is 0 Å². The van der Waals surface area contributed by atoms with Gasteiger partial charge in [0.05, 0.1) is 10.9 Å². The molecule has 3 aromatic rings. The SMILES string of the molecule is CCn1c(=O)[nH]c2cc(C(=O)N3CCN(S(=O)(=O)c4cc(F)ccc4F)CC3)ccc2c1=O. The van der Waals surface area contributed by atoms with Crippen LogP contribution < -0.4 is 11.2 Å². The summed E-state index contributed by atoms with van der Waals surface area (Å²) < 4.78 is 54.9. The van der Waals surface area contributed by atoms with E-state index in [0.717, 1.165) is 21.0 Å². The fourth-order valence-corrected chi connectivity index (χ4v) is 5.30. The summed E-state index contributed by atoms with van der Waals surface area (Å²) in [7, 11) is -4.27. The van der Waals surface area contributed by atoms with Gasteiger partial charge in [-0.05, 0) is 43.3 Å². The lowest BCUT2D eigenvalue weighted by Crippen LogP contribution is -2.50. The number of aromatic nitrogens is 2. The number of piperazine rings is 1. The van der Waals surface area contributed by atoms with Gasteiger partial charge in [-0.25, -0.2) is 22.0 Å². The topological polar surface area (TPSA) is 113 Å². The zero-order valence-corrected chi connectivity index (χ0v) is 18.4. The molecule has 9 nitrogen and oxygen atoms in total. The van der Waals surface area contributed by atoms with E-state index in [9.17, 15) is 31.6 Å². The second kappa shape index (κ2) is 8.52. The Kier molecular flexibility index (Phi) is 5.89. The van der Waals surface area contributed by atoms with Crippen molar-refractivity contribution in [3.8, 4) is 0 Å². The number of hydrogen-bond donors (Lipinski definition) is 1. The molecule has 1 fully saturated rings. The van der Waals surface area contributed by atoms with Crippen LogP contribution in [0.25, 0.3) is 10.9 Å². The smallest absolute Gasteiger partial charge is 0.328 e. The van der Waals surface area contributed by atoms with Crippen LogP contribution in [0.15, 0.2) is 50.9 Å². The fourth-order valence-electron chi connectivity index (χ4n) is 3.80. The van der Waals surface area contributed by atoms with Crippen molar-refractivity contribution in [2.45, 2.75) is 18.4 Å². The van der Waals surface area contributed by atoms with Crippen LogP contribution in [0.4, 0.5) is 8.78 Å². The Hall–Kier alpha value is -3.38. The Bertz CT molecular complexity index is 1470. The van der Waals surface area contributed by atoms with Crippen molar-refractivity contribution < 1.29 is 22.0 Å². The summed E-state index contributed by atoms with van der Waals surface area (Å²) in [6, 6.07) is 6.55. The Morgan fingerprint density at radius 2 is 1.73 bits per heavy atom. The van der Waals surface area contributed by atoms with Crippen molar-refractivity contribution in [3.63, 3.8) is 0 Å². The van der Waals surface area contributed by atoms with E-state index >= 15 is 0 Å². The van der Waals surface area contributed by atoms with Crippen LogP contribution in [0.3, 0.4) is 0 Å². The molecule has 1 saturated heterocycles. The predicted octanol–water partition coefficient (Wildman–Crippen LogP) is 1.13. The quantitative estimate of drug-likeness (QED) is 0.604. The third kappa shape index (κ3) is 4.07. The lowest BCUT2D eigenvalue weighted by Gasteiger charge is -2.34. The molecule has 2 heterocycles. The first-order valence-electron chi connectivity index (χ1n) is 10.1.